The Morgan fingerprint density at radius 3 is 2.44 bits per heavy atom. The van der Waals surface area contributed by atoms with Crippen LogP contribution in [0.2, 0.25) is 0 Å². The Morgan fingerprint density at radius 1 is 1.22 bits per heavy atom. The van der Waals surface area contributed by atoms with Gasteiger partial charge in [-0.2, -0.15) is 0 Å². The lowest BCUT2D eigenvalue weighted by Crippen LogP contribution is -2.52. The van der Waals surface area contributed by atoms with Crippen molar-refractivity contribution in [2.75, 3.05) is 26.3 Å². The first-order valence-corrected chi connectivity index (χ1v) is 7.31. The van der Waals surface area contributed by atoms with E-state index in [1.54, 1.807) is 0 Å². The van der Waals surface area contributed by atoms with E-state index in [4.69, 9.17) is 4.74 Å². The maximum atomic E-state index is 12.3. The van der Waals surface area contributed by atoms with Gasteiger partial charge in [0.05, 0.1) is 19.3 Å². The summed E-state index contributed by atoms with van der Waals surface area (Å²) in [7, 11) is 0. The van der Waals surface area contributed by atoms with Crippen molar-refractivity contribution in [3.05, 3.63) is 0 Å². The number of hydrogen-bond acceptors (Lipinski definition) is 3. The van der Waals surface area contributed by atoms with E-state index >= 15 is 0 Å². The molecule has 0 bridgehead atoms. The summed E-state index contributed by atoms with van der Waals surface area (Å²) >= 11 is 0. The van der Waals surface area contributed by atoms with Gasteiger partial charge in [-0.3, -0.25) is 4.79 Å². The highest BCUT2D eigenvalue weighted by atomic mass is 16.5. The molecule has 2 fully saturated rings. The molecule has 1 unspecified atom stereocenters. The first kappa shape index (κ1) is 13.8. The van der Waals surface area contributed by atoms with Crippen LogP contribution < -0.4 is 5.32 Å². The van der Waals surface area contributed by atoms with Gasteiger partial charge in [-0.1, -0.05) is 12.8 Å². The molecule has 0 aromatic rings. The number of morpholine rings is 1. The van der Waals surface area contributed by atoms with Crippen molar-refractivity contribution in [1.29, 1.82) is 0 Å². The Kier molecular flexibility index (Phi) is 5.01. The van der Waals surface area contributed by atoms with Crippen LogP contribution in [-0.4, -0.2) is 49.2 Å². The summed E-state index contributed by atoms with van der Waals surface area (Å²) in [4.78, 5) is 14.2. The largest absolute Gasteiger partial charge is 0.378 e. The molecule has 4 heteroatoms. The zero-order valence-electron chi connectivity index (χ0n) is 11.7. The number of rotatable bonds is 4. The average molecular weight is 254 g/mol. The first-order chi connectivity index (χ1) is 8.68. The highest BCUT2D eigenvalue weighted by Gasteiger charge is 2.27. The smallest absolute Gasteiger partial charge is 0.239 e. The zero-order valence-corrected chi connectivity index (χ0v) is 11.7. The minimum absolute atomic E-state index is 0.0706. The lowest BCUT2D eigenvalue weighted by atomic mass is 9.99. The number of hydrogen-bond donors (Lipinski definition) is 1. The lowest BCUT2D eigenvalue weighted by Gasteiger charge is -2.31. The SMILES string of the molecule is CC(N[C@H](C)C1CCCC1)C(=O)N1CCOCC1. The highest BCUT2D eigenvalue weighted by Crippen LogP contribution is 2.27. The van der Waals surface area contributed by atoms with E-state index in [2.05, 4.69) is 12.2 Å². The molecule has 104 valence electrons. The predicted molar refractivity (Wildman–Crippen MR) is 71.4 cm³/mol. The van der Waals surface area contributed by atoms with Gasteiger partial charge in [0.25, 0.3) is 0 Å². The second-order valence-electron chi connectivity index (χ2n) is 5.66. The summed E-state index contributed by atoms with van der Waals surface area (Å²) in [5.74, 6) is 0.980. The third kappa shape index (κ3) is 3.45. The average Bonchev–Trinajstić information content (AvgIpc) is 2.92. The second-order valence-corrected chi connectivity index (χ2v) is 5.66. The molecule has 18 heavy (non-hydrogen) atoms. The molecule has 1 aliphatic carbocycles. The van der Waals surface area contributed by atoms with E-state index in [1.807, 2.05) is 11.8 Å². The highest BCUT2D eigenvalue weighted by molar-refractivity contribution is 5.81. The summed E-state index contributed by atoms with van der Waals surface area (Å²) in [6, 6.07) is 0.381. The number of nitrogens with one attached hydrogen (secondary N) is 1. The maximum Gasteiger partial charge on any atom is 0.239 e. The maximum absolute atomic E-state index is 12.3. The van der Waals surface area contributed by atoms with E-state index in [9.17, 15) is 4.79 Å². The summed E-state index contributed by atoms with van der Waals surface area (Å²) in [5, 5.41) is 3.49. The molecule has 1 saturated heterocycles. The second kappa shape index (κ2) is 6.53. The third-order valence-electron chi connectivity index (χ3n) is 4.31. The topological polar surface area (TPSA) is 41.6 Å². The van der Waals surface area contributed by atoms with E-state index < -0.39 is 0 Å². The first-order valence-electron chi connectivity index (χ1n) is 7.31. The van der Waals surface area contributed by atoms with Crippen LogP contribution in [0.25, 0.3) is 0 Å². The van der Waals surface area contributed by atoms with Gasteiger partial charge in [0.1, 0.15) is 0 Å². The van der Waals surface area contributed by atoms with Gasteiger partial charge in [-0.15, -0.1) is 0 Å². The molecular formula is C14H26N2O2. The van der Waals surface area contributed by atoms with Crippen LogP contribution in [-0.2, 0) is 9.53 Å². The van der Waals surface area contributed by atoms with Gasteiger partial charge in [-0.25, -0.2) is 0 Å². The Hall–Kier alpha value is -0.610. The van der Waals surface area contributed by atoms with Crippen LogP contribution in [0.15, 0.2) is 0 Å². The number of nitrogens with zero attached hydrogens (tertiary/aromatic N) is 1. The van der Waals surface area contributed by atoms with E-state index in [-0.39, 0.29) is 11.9 Å². The predicted octanol–water partition coefficient (Wildman–Crippen LogP) is 1.40. The van der Waals surface area contributed by atoms with Crippen LogP contribution in [0.4, 0.5) is 0 Å². The van der Waals surface area contributed by atoms with Gasteiger partial charge in [0.15, 0.2) is 0 Å². The quantitative estimate of drug-likeness (QED) is 0.824. The molecule has 1 aliphatic heterocycles. The fourth-order valence-corrected chi connectivity index (χ4v) is 3.12. The lowest BCUT2D eigenvalue weighted by molar-refractivity contribution is -0.137. The van der Waals surface area contributed by atoms with Crippen molar-refractivity contribution in [3.8, 4) is 0 Å². The Bertz CT molecular complexity index is 271. The molecule has 1 heterocycles. The molecule has 0 spiro atoms. The van der Waals surface area contributed by atoms with E-state index in [0.29, 0.717) is 19.3 Å². The fraction of sp³-hybridized carbons (Fsp3) is 0.929. The van der Waals surface area contributed by atoms with Crippen LogP contribution in [0.3, 0.4) is 0 Å². The van der Waals surface area contributed by atoms with Gasteiger partial charge in [-0.05, 0) is 32.6 Å². The molecule has 0 radical (unpaired) electrons. The summed E-state index contributed by atoms with van der Waals surface area (Å²) in [6.45, 7) is 7.04. The Labute approximate surface area is 110 Å². The number of carbonyl (C=O) groups is 1. The summed E-state index contributed by atoms with van der Waals surface area (Å²) in [5.41, 5.74) is 0. The summed E-state index contributed by atoms with van der Waals surface area (Å²) < 4.78 is 5.28. The van der Waals surface area contributed by atoms with Crippen LogP contribution >= 0.6 is 0 Å². The Balaban J connectivity index is 1.78. The fourth-order valence-electron chi connectivity index (χ4n) is 3.12. The molecule has 1 amide bonds. The van der Waals surface area contributed by atoms with Gasteiger partial charge in [0.2, 0.25) is 5.91 Å². The molecule has 1 saturated carbocycles. The van der Waals surface area contributed by atoms with Crippen LogP contribution in [0.5, 0.6) is 0 Å². The van der Waals surface area contributed by atoms with E-state index in [0.717, 1.165) is 19.0 Å². The van der Waals surface area contributed by atoms with Crippen molar-refractivity contribution in [2.45, 2.75) is 51.6 Å². The van der Waals surface area contributed by atoms with Gasteiger partial charge in [0, 0.05) is 19.1 Å². The summed E-state index contributed by atoms with van der Waals surface area (Å²) in [6.07, 6.45) is 5.32. The normalized spacial score (nSPS) is 25.1. The zero-order chi connectivity index (χ0) is 13.0. The monoisotopic (exact) mass is 254 g/mol. The molecule has 2 aliphatic rings. The van der Waals surface area contributed by atoms with Crippen molar-refractivity contribution in [2.24, 2.45) is 5.92 Å². The van der Waals surface area contributed by atoms with Crippen LogP contribution in [0.1, 0.15) is 39.5 Å². The molecule has 2 atom stereocenters. The number of amides is 1. The van der Waals surface area contributed by atoms with Gasteiger partial charge >= 0.3 is 0 Å². The molecular weight excluding hydrogens is 228 g/mol. The Morgan fingerprint density at radius 2 is 1.83 bits per heavy atom. The molecule has 0 aromatic heterocycles. The molecule has 4 nitrogen and oxygen atoms in total. The van der Waals surface area contributed by atoms with Crippen molar-refractivity contribution >= 4 is 5.91 Å². The van der Waals surface area contributed by atoms with Crippen LogP contribution in [0, 0.1) is 5.92 Å². The van der Waals surface area contributed by atoms with Crippen molar-refractivity contribution in [3.63, 3.8) is 0 Å². The molecule has 0 aromatic carbocycles. The van der Waals surface area contributed by atoms with Gasteiger partial charge < -0.3 is 15.0 Å². The minimum Gasteiger partial charge on any atom is -0.378 e. The van der Waals surface area contributed by atoms with Crippen molar-refractivity contribution in [1.82, 2.24) is 10.2 Å². The van der Waals surface area contributed by atoms with E-state index in [1.165, 1.54) is 25.7 Å². The third-order valence-corrected chi connectivity index (χ3v) is 4.31. The van der Waals surface area contributed by atoms with Crippen molar-refractivity contribution < 1.29 is 9.53 Å². The molecule has 1 N–H and O–H groups in total. The molecule has 2 rings (SSSR count). The minimum atomic E-state index is -0.0706. The number of carbonyl (C=O) groups excluding carboxylic acids is 1. The standard InChI is InChI=1S/C14H26N2O2/c1-11(13-5-3-4-6-13)15-12(2)14(17)16-7-9-18-10-8-16/h11-13,15H,3-10H2,1-2H3/t11-,12?/m1/s1. The number of ether oxygens (including phenoxy) is 1.